The summed E-state index contributed by atoms with van der Waals surface area (Å²) in [5, 5.41) is 12.3. The lowest BCUT2D eigenvalue weighted by atomic mass is 10.1. The summed E-state index contributed by atoms with van der Waals surface area (Å²) in [6.45, 7) is 4.16. The van der Waals surface area contributed by atoms with E-state index in [4.69, 9.17) is 5.26 Å². The monoisotopic (exact) mass is 244 g/mol. The van der Waals surface area contributed by atoms with Crippen LogP contribution in [0.25, 0.3) is 0 Å². The fourth-order valence-electron chi connectivity index (χ4n) is 2.30. The number of nitrogens with zero attached hydrogens (tertiary/aromatic N) is 3. The van der Waals surface area contributed by atoms with Gasteiger partial charge in [0.25, 0.3) is 0 Å². The Balaban J connectivity index is 2.02. The Morgan fingerprint density at radius 3 is 3.11 bits per heavy atom. The number of benzene rings is 1. The molecular formula is C14H20N4. The van der Waals surface area contributed by atoms with Gasteiger partial charge in [0.05, 0.1) is 11.6 Å². The number of rotatable bonds is 3. The first-order chi connectivity index (χ1) is 8.70. The second-order valence-electron chi connectivity index (χ2n) is 4.88. The topological polar surface area (TPSA) is 42.3 Å². The number of anilines is 1. The molecule has 0 aliphatic carbocycles. The first-order valence-corrected chi connectivity index (χ1v) is 6.33. The van der Waals surface area contributed by atoms with Crippen molar-refractivity contribution in [1.29, 1.82) is 5.26 Å². The molecule has 1 fully saturated rings. The van der Waals surface area contributed by atoms with Gasteiger partial charge in [-0.1, -0.05) is 6.07 Å². The molecule has 4 heteroatoms. The van der Waals surface area contributed by atoms with Crippen LogP contribution in [0, 0.1) is 11.3 Å². The van der Waals surface area contributed by atoms with Gasteiger partial charge >= 0.3 is 0 Å². The molecular weight excluding hydrogens is 224 g/mol. The van der Waals surface area contributed by atoms with E-state index in [1.165, 1.54) is 0 Å². The molecule has 1 unspecified atom stereocenters. The van der Waals surface area contributed by atoms with Crippen molar-refractivity contribution in [1.82, 2.24) is 10.2 Å². The highest BCUT2D eigenvalue weighted by atomic mass is 15.2. The van der Waals surface area contributed by atoms with Crippen LogP contribution in [0.3, 0.4) is 0 Å². The van der Waals surface area contributed by atoms with Crippen LogP contribution in [0.4, 0.5) is 5.69 Å². The lowest BCUT2D eigenvalue weighted by Gasteiger charge is -2.36. The Kier molecular flexibility index (Phi) is 4.19. The summed E-state index contributed by atoms with van der Waals surface area (Å²) in [4.78, 5) is 4.61. The second-order valence-corrected chi connectivity index (χ2v) is 4.88. The van der Waals surface area contributed by atoms with Crippen molar-refractivity contribution in [2.45, 2.75) is 6.04 Å². The maximum Gasteiger partial charge on any atom is 0.0992 e. The molecule has 0 spiro atoms. The van der Waals surface area contributed by atoms with Crippen LogP contribution in [0.5, 0.6) is 0 Å². The average Bonchev–Trinajstić information content (AvgIpc) is 2.41. The van der Waals surface area contributed by atoms with E-state index in [1.54, 1.807) is 0 Å². The molecule has 0 saturated carbocycles. The van der Waals surface area contributed by atoms with E-state index in [1.807, 2.05) is 18.2 Å². The fourth-order valence-corrected chi connectivity index (χ4v) is 2.30. The van der Waals surface area contributed by atoms with Crippen molar-refractivity contribution >= 4 is 5.69 Å². The van der Waals surface area contributed by atoms with Gasteiger partial charge < -0.3 is 10.2 Å². The minimum atomic E-state index is 0.523. The van der Waals surface area contributed by atoms with Crippen LogP contribution < -0.4 is 10.2 Å². The third kappa shape index (κ3) is 3.00. The van der Waals surface area contributed by atoms with E-state index < -0.39 is 0 Å². The molecule has 4 nitrogen and oxygen atoms in total. The summed E-state index contributed by atoms with van der Waals surface area (Å²) in [6.07, 6.45) is 0. The van der Waals surface area contributed by atoms with Crippen LogP contribution in [0.15, 0.2) is 24.3 Å². The minimum Gasteiger partial charge on any atom is -0.373 e. The van der Waals surface area contributed by atoms with Crippen LogP contribution in [0.1, 0.15) is 5.56 Å². The molecule has 0 amide bonds. The van der Waals surface area contributed by atoms with Crippen LogP contribution >= 0.6 is 0 Å². The van der Waals surface area contributed by atoms with E-state index >= 15 is 0 Å². The largest absolute Gasteiger partial charge is 0.373 e. The van der Waals surface area contributed by atoms with Gasteiger partial charge in [-0.2, -0.15) is 5.26 Å². The number of hydrogen-bond donors (Lipinski definition) is 1. The van der Waals surface area contributed by atoms with Gasteiger partial charge in [0.2, 0.25) is 0 Å². The molecule has 1 aromatic carbocycles. The van der Waals surface area contributed by atoms with Crippen LogP contribution in [-0.2, 0) is 0 Å². The molecule has 0 aromatic heterocycles. The summed E-state index contributed by atoms with van der Waals surface area (Å²) in [6, 6.07) is 10.5. The lowest BCUT2D eigenvalue weighted by molar-refractivity contribution is 0.204. The molecule has 1 heterocycles. The smallest absolute Gasteiger partial charge is 0.0992 e. The summed E-state index contributed by atoms with van der Waals surface area (Å²) in [7, 11) is 4.25. The Morgan fingerprint density at radius 1 is 1.56 bits per heavy atom. The van der Waals surface area contributed by atoms with Crippen molar-refractivity contribution in [2.24, 2.45) is 0 Å². The molecule has 1 atom stereocenters. The number of nitrogens with one attached hydrogen (secondary N) is 1. The highest BCUT2D eigenvalue weighted by molar-refractivity contribution is 5.51. The van der Waals surface area contributed by atoms with Gasteiger partial charge in [-0.05, 0) is 25.2 Å². The Labute approximate surface area is 109 Å². The summed E-state index contributed by atoms with van der Waals surface area (Å²) < 4.78 is 0. The highest BCUT2D eigenvalue weighted by Crippen LogP contribution is 2.15. The van der Waals surface area contributed by atoms with E-state index in [2.05, 4.69) is 41.3 Å². The van der Waals surface area contributed by atoms with E-state index in [9.17, 15) is 0 Å². The molecule has 2 rings (SSSR count). The number of nitriles is 1. The molecule has 96 valence electrons. The SMILES string of the molecule is CN(CC1CNCCN1C)c1cccc(C#N)c1. The fraction of sp³-hybridized carbons (Fsp3) is 0.500. The maximum atomic E-state index is 8.92. The highest BCUT2D eigenvalue weighted by Gasteiger charge is 2.20. The van der Waals surface area contributed by atoms with Gasteiger partial charge in [0, 0.05) is 45.0 Å². The number of piperazine rings is 1. The van der Waals surface area contributed by atoms with Crippen LogP contribution in [-0.4, -0.2) is 51.2 Å². The normalized spacial score (nSPS) is 20.4. The van der Waals surface area contributed by atoms with Gasteiger partial charge in [-0.25, -0.2) is 0 Å². The van der Waals surface area contributed by atoms with Crippen molar-refractivity contribution in [3.05, 3.63) is 29.8 Å². The van der Waals surface area contributed by atoms with Gasteiger partial charge in [-0.3, -0.25) is 4.90 Å². The summed E-state index contributed by atoms with van der Waals surface area (Å²) in [5.74, 6) is 0. The average molecular weight is 244 g/mol. The number of hydrogen-bond acceptors (Lipinski definition) is 4. The number of likely N-dealkylation sites (N-methyl/N-ethyl adjacent to an activating group) is 2. The Bertz CT molecular complexity index is 438. The second kappa shape index (κ2) is 5.85. The predicted octanol–water partition coefficient (Wildman–Crippen LogP) is 0.898. The summed E-state index contributed by atoms with van der Waals surface area (Å²) in [5.41, 5.74) is 1.82. The first kappa shape index (κ1) is 12.9. The lowest BCUT2D eigenvalue weighted by Crippen LogP contribution is -2.53. The molecule has 1 N–H and O–H groups in total. The Hall–Kier alpha value is -1.57. The summed E-state index contributed by atoms with van der Waals surface area (Å²) >= 11 is 0. The third-order valence-corrected chi connectivity index (χ3v) is 3.55. The predicted molar refractivity (Wildman–Crippen MR) is 73.7 cm³/mol. The van der Waals surface area contributed by atoms with Crippen molar-refractivity contribution < 1.29 is 0 Å². The van der Waals surface area contributed by atoms with Gasteiger partial charge in [-0.15, -0.1) is 0 Å². The third-order valence-electron chi connectivity index (χ3n) is 3.55. The first-order valence-electron chi connectivity index (χ1n) is 6.33. The zero-order chi connectivity index (χ0) is 13.0. The zero-order valence-electron chi connectivity index (χ0n) is 11.1. The van der Waals surface area contributed by atoms with Crippen molar-refractivity contribution in [3.8, 4) is 6.07 Å². The van der Waals surface area contributed by atoms with Gasteiger partial charge in [0.15, 0.2) is 0 Å². The minimum absolute atomic E-state index is 0.523. The molecule has 1 aliphatic heterocycles. The molecule has 18 heavy (non-hydrogen) atoms. The zero-order valence-corrected chi connectivity index (χ0v) is 11.1. The molecule has 1 aromatic rings. The molecule has 0 radical (unpaired) electrons. The van der Waals surface area contributed by atoms with Crippen molar-refractivity contribution in [3.63, 3.8) is 0 Å². The van der Waals surface area contributed by atoms with Crippen molar-refractivity contribution in [2.75, 3.05) is 45.2 Å². The molecule has 1 aliphatic rings. The van der Waals surface area contributed by atoms with Crippen LogP contribution in [0.2, 0.25) is 0 Å². The van der Waals surface area contributed by atoms with E-state index in [0.29, 0.717) is 6.04 Å². The standard InChI is InChI=1S/C14H20N4/c1-17-7-6-16-10-14(17)11-18(2)13-5-3-4-12(8-13)9-15/h3-5,8,14,16H,6-7,10-11H2,1-2H3. The van der Waals surface area contributed by atoms with E-state index in [-0.39, 0.29) is 0 Å². The molecule has 0 bridgehead atoms. The maximum absolute atomic E-state index is 8.92. The van der Waals surface area contributed by atoms with E-state index in [0.717, 1.165) is 37.4 Å². The van der Waals surface area contributed by atoms with Gasteiger partial charge in [0.1, 0.15) is 0 Å². The Morgan fingerprint density at radius 2 is 2.39 bits per heavy atom. The molecule has 1 saturated heterocycles. The quantitative estimate of drug-likeness (QED) is 0.858.